The van der Waals surface area contributed by atoms with Gasteiger partial charge >= 0.3 is 11.9 Å². The molecule has 1 aliphatic heterocycles. The smallest absolute Gasteiger partial charge is 0.306 e. The average Bonchev–Trinajstić information content (AvgIpc) is 3.83. The van der Waals surface area contributed by atoms with Crippen LogP contribution in [0, 0.1) is 0 Å². The molecule has 1 saturated heterocycles. The van der Waals surface area contributed by atoms with Crippen molar-refractivity contribution < 1.29 is 46.8 Å². The number of esters is 2. The molecule has 0 amide bonds. The first-order valence-electron chi connectivity index (χ1n) is 20.5. The molecule has 10 nitrogen and oxygen atoms in total. The van der Waals surface area contributed by atoms with Crippen LogP contribution < -0.4 is 4.89 Å². The molecule has 1 aliphatic rings. The predicted octanol–water partition coefficient (Wildman–Crippen LogP) is 9.38. The van der Waals surface area contributed by atoms with Gasteiger partial charge < -0.3 is 32.6 Å². The third kappa shape index (κ3) is 30.8. The Labute approximate surface area is 311 Å². The summed E-state index contributed by atoms with van der Waals surface area (Å²) in [5.74, 6) is -0.855. The van der Waals surface area contributed by atoms with Gasteiger partial charge in [0, 0.05) is 12.8 Å². The van der Waals surface area contributed by atoms with Crippen LogP contribution in [-0.2, 0) is 37.4 Å². The Morgan fingerprint density at radius 2 is 1.25 bits per heavy atom. The molecule has 1 rings (SSSR count). The van der Waals surface area contributed by atoms with Gasteiger partial charge in [-0.1, -0.05) is 129 Å². The zero-order valence-corrected chi connectivity index (χ0v) is 34.1. The number of carbonyl (C=O) groups excluding carboxylic acids is 2. The minimum absolute atomic E-state index is 0.0342. The Morgan fingerprint density at radius 3 is 1.86 bits per heavy atom. The summed E-state index contributed by atoms with van der Waals surface area (Å²) >= 11 is 0. The van der Waals surface area contributed by atoms with E-state index in [2.05, 4.69) is 26.0 Å². The number of hydrogen-bond donors (Lipinski definition) is 0. The van der Waals surface area contributed by atoms with Crippen molar-refractivity contribution >= 4 is 19.8 Å². The molecule has 51 heavy (non-hydrogen) atoms. The van der Waals surface area contributed by atoms with Crippen molar-refractivity contribution in [3.8, 4) is 0 Å². The molecule has 0 radical (unpaired) electrons. The topological polar surface area (TPSA) is 124 Å². The second-order valence-corrected chi connectivity index (χ2v) is 16.8. The van der Waals surface area contributed by atoms with Gasteiger partial charge in [0.15, 0.2) is 6.10 Å². The van der Waals surface area contributed by atoms with E-state index >= 15 is 0 Å². The van der Waals surface area contributed by atoms with E-state index in [9.17, 15) is 19.0 Å². The molecule has 0 aromatic carbocycles. The van der Waals surface area contributed by atoms with Crippen LogP contribution in [0.4, 0.5) is 0 Å². The number of likely N-dealkylation sites (N-methyl/N-ethyl adjacent to an activating group) is 1. The Balaban J connectivity index is 2.31. The number of nitrogens with zero attached hydrogens (tertiary/aromatic N) is 1. The highest BCUT2D eigenvalue weighted by molar-refractivity contribution is 7.45. The molecule has 0 bridgehead atoms. The Hall–Kier alpha value is -1.29. The molecular formula is C40H76NO9P. The van der Waals surface area contributed by atoms with Gasteiger partial charge in [0.1, 0.15) is 19.8 Å². The zero-order valence-electron chi connectivity index (χ0n) is 33.3. The van der Waals surface area contributed by atoms with E-state index in [1.54, 1.807) is 0 Å². The number of unbranched alkanes of at least 4 members (excludes halogenated alkanes) is 17. The minimum atomic E-state index is -4.62. The monoisotopic (exact) mass is 746 g/mol. The van der Waals surface area contributed by atoms with Crippen molar-refractivity contribution in [1.82, 2.24) is 0 Å². The van der Waals surface area contributed by atoms with Crippen molar-refractivity contribution in [3.05, 3.63) is 12.2 Å². The standard InChI is InChI=1S/C40H76NO9P/c1-6-8-10-12-14-15-16-17-18-22-26-30-39(42)46-34-36(35-48-51(44,45)47-33-32-41(3,4)5)49-40(43)31-27-23-19-21-25-29-38-37(50-38)28-24-20-13-11-9-7-2/h20,24,36-38H,6-19,21-23,25-35H2,1-5H3/b24-20-/t36-,37?,38?/m1/s1. The Kier molecular flexibility index (Phi) is 28.2. The van der Waals surface area contributed by atoms with Crippen molar-refractivity contribution in [2.75, 3.05) is 47.5 Å². The Bertz CT molecular complexity index is 955. The SMILES string of the molecule is CCCCC/C=C\CC1OC1CCCCCCCC(=O)O[C@H](COC(=O)CCCCCCCCCCCCC)COP(=O)([O-])OCC[N+](C)(C)C. The molecule has 0 spiro atoms. The van der Waals surface area contributed by atoms with E-state index in [-0.39, 0.29) is 26.1 Å². The third-order valence-electron chi connectivity index (χ3n) is 9.21. The highest BCUT2D eigenvalue weighted by Crippen LogP contribution is 2.38. The molecule has 0 N–H and O–H groups in total. The van der Waals surface area contributed by atoms with Crippen LogP contribution in [0.1, 0.15) is 168 Å². The highest BCUT2D eigenvalue weighted by Gasteiger charge is 2.36. The molecule has 0 aromatic heterocycles. The zero-order chi connectivity index (χ0) is 37.6. The lowest BCUT2D eigenvalue weighted by Gasteiger charge is -2.28. The van der Waals surface area contributed by atoms with Crippen LogP contribution in [0.3, 0.4) is 0 Å². The second-order valence-electron chi connectivity index (χ2n) is 15.4. The molecule has 3 unspecified atom stereocenters. The number of rotatable bonds is 36. The maximum Gasteiger partial charge on any atom is 0.306 e. The maximum absolute atomic E-state index is 12.7. The first-order chi connectivity index (χ1) is 24.5. The molecular weight excluding hydrogens is 669 g/mol. The minimum Gasteiger partial charge on any atom is -0.756 e. The highest BCUT2D eigenvalue weighted by atomic mass is 31.2. The number of ether oxygens (including phenoxy) is 3. The lowest BCUT2D eigenvalue weighted by atomic mass is 10.1. The molecule has 0 aromatic rings. The number of quaternary nitrogens is 1. The van der Waals surface area contributed by atoms with Gasteiger partial charge in [0.25, 0.3) is 7.82 Å². The summed E-state index contributed by atoms with van der Waals surface area (Å²) < 4.78 is 39.6. The number of allylic oxidation sites excluding steroid dienone is 1. The molecule has 0 saturated carbocycles. The maximum atomic E-state index is 12.7. The van der Waals surface area contributed by atoms with Gasteiger partial charge in [-0.25, -0.2) is 0 Å². The second kappa shape index (κ2) is 30.1. The van der Waals surface area contributed by atoms with E-state index in [1.807, 2.05) is 21.1 Å². The van der Waals surface area contributed by atoms with Crippen LogP contribution in [0.15, 0.2) is 12.2 Å². The number of carbonyl (C=O) groups is 2. The lowest BCUT2D eigenvalue weighted by molar-refractivity contribution is -0.870. The van der Waals surface area contributed by atoms with Crippen molar-refractivity contribution in [2.45, 2.75) is 186 Å². The normalized spacial score (nSPS) is 17.8. The van der Waals surface area contributed by atoms with Gasteiger partial charge in [0.05, 0.1) is 40.0 Å². The van der Waals surface area contributed by atoms with E-state index in [0.717, 1.165) is 64.2 Å². The molecule has 4 atom stereocenters. The van der Waals surface area contributed by atoms with Crippen LogP contribution in [0.2, 0.25) is 0 Å². The van der Waals surface area contributed by atoms with Gasteiger partial charge in [0.2, 0.25) is 0 Å². The Morgan fingerprint density at radius 1 is 0.706 bits per heavy atom. The summed E-state index contributed by atoms with van der Waals surface area (Å²) in [5, 5.41) is 0. The first-order valence-corrected chi connectivity index (χ1v) is 22.0. The van der Waals surface area contributed by atoms with E-state index in [1.165, 1.54) is 70.6 Å². The quantitative estimate of drug-likeness (QED) is 0.0154. The van der Waals surface area contributed by atoms with Gasteiger partial charge in [-0.3, -0.25) is 14.2 Å². The molecule has 300 valence electrons. The largest absolute Gasteiger partial charge is 0.756 e. The van der Waals surface area contributed by atoms with E-state index < -0.39 is 32.5 Å². The van der Waals surface area contributed by atoms with Crippen LogP contribution in [0.5, 0.6) is 0 Å². The number of epoxide rings is 1. The summed E-state index contributed by atoms with van der Waals surface area (Å²) in [5.41, 5.74) is 0. The first kappa shape index (κ1) is 47.7. The van der Waals surface area contributed by atoms with Crippen molar-refractivity contribution in [3.63, 3.8) is 0 Å². The van der Waals surface area contributed by atoms with Gasteiger partial charge in [-0.05, 0) is 38.5 Å². The van der Waals surface area contributed by atoms with Gasteiger partial charge in [-0.2, -0.15) is 0 Å². The summed E-state index contributed by atoms with van der Waals surface area (Å²) in [4.78, 5) is 37.4. The average molecular weight is 746 g/mol. The molecule has 0 aliphatic carbocycles. The number of phosphoric acid groups is 1. The third-order valence-corrected chi connectivity index (χ3v) is 10.2. The predicted molar refractivity (Wildman–Crippen MR) is 203 cm³/mol. The van der Waals surface area contributed by atoms with Gasteiger partial charge in [-0.15, -0.1) is 0 Å². The summed E-state index contributed by atoms with van der Waals surface area (Å²) in [6, 6.07) is 0. The van der Waals surface area contributed by atoms with Crippen LogP contribution in [0.25, 0.3) is 0 Å². The number of phosphoric ester groups is 1. The molecule has 1 fully saturated rings. The summed E-state index contributed by atoms with van der Waals surface area (Å²) in [6.07, 6.45) is 29.7. The fourth-order valence-corrected chi connectivity index (χ4v) is 6.57. The fraction of sp³-hybridized carbons (Fsp3) is 0.900. The van der Waals surface area contributed by atoms with Crippen molar-refractivity contribution in [1.29, 1.82) is 0 Å². The van der Waals surface area contributed by atoms with Crippen molar-refractivity contribution in [2.24, 2.45) is 0 Å². The number of hydrogen-bond acceptors (Lipinski definition) is 9. The molecule has 1 heterocycles. The lowest BCUT2D eigenvalue weighted by Crippen LogP contribution is -2.37. The van der Waals surface area contributed by atoms with Crippen LogP contribution in [-0.4, -0.2) is 82.2 Å². The van der Waals surface area contributed by atoms with E-state index in [0.29, 0.717) is 29.7 Å². The summed E-state index contributed by atoms with van der Waals surface area (Å²) in [7, 11) is 1.15. The fourth-order valence-electron chi connectivity index (χ4n) is 5.84. The molecule has 11 heteroatoms. The summed E-state index contributed by atoms with van der Waals surface area (Å²) in [6.45, 7) is 4.16. The van der Waals surface area contributed by atoms with Crippen LogP contribution >= 0.6 is 7.82 Å². The van der Waals surface area contributed by atoms with E-state index in [4.69, 9.17) is 23.3 Å².